The molecule has 2 bridgehead atoms. The number of esters is 1. The Bertz CT molecular complexity index is 910. The van der Waals surface area contributed by atoms with Crippen molar-refractivity contribution in [3.05, 3.63) is 11.6 Å². The average Bonchev–Trinajstić information content (AvgIpc) is 2.86. The van der Waals surface area contributed by atoms with Gasteiger partial charge in [-0.25, -0.2) is 4.79 Å². The quantitative estimate of drug-likeness (QED) is 0.526. The largest absolute Gasteiger partial charge is 0.460 e. The van der Waals surface area contributed by atoms with Crippen LogP contribution in [0.25, 0.3) is 0 Å². The Labute approximate surface area is 188 Å². The lowest BCUT2D eigenvalue weighted by molar-refractivity contribution is -0.372. The first kappa shape index (κ1) is 22.2. The van der Waals surface area contributed by atoms with Gasteiger partial charge in [0.2, 0.25) is 0 Å². The Balaban J connectivity index is 1.62. The first-order valence-electron chi connectivity index (χ1n) is 12.0. The lowest BCUT2D eigenvalue weighted by Gasteiger charge is -2.67. The van der Waals surface area contributed by atoms with Crippen molar-refractivity contribution in [1.29, 1.82) is 0 Å². The molecule has 0 aromatic carbocycles. The number of rotatable bonds is 3. The van der Waals surface area contributed by atoms with Crippen molar-refractivity contribution in [2.24, 2.45) is 22.7 Å². The molecule has 5 rings (SSSR count). The van der Waals surface area contributed by atoms with E-state index in [2.05, 4.69) is 6.92 Å². The lowest BCUT2D eigenvalue weighted by atomic mass is 9.43. The molecule has 1 unspecified atom stereocenters. The van der Waals surface area contributed by atoms with E-state index in [1.54, 1.807) is 19.9 Å². The molecule has 1 N–H and O–H groups in total. The van der Waals surface area contributed by atoms with E-state index < -0.39 is 40.8 Å². The minimum Gasteiger partial charge on any atom is -0.460 e. The van der Waals surface area contributed by atoms with Gasteiger partial charge < -0.3 is 19.3 Å². The second-order valence-corrected chi connectivity index (χ2v) is 10.9. The highest BCUT2D eigenvalue weighted by atomic mass is 16.7. The number of ketones is 2. The van der Waals surface area contributed by atoms with E-state index in [0.29, 0.717) is 25.7 Å². The van der Waals surface area contributed by atoms with Gasteiger partial charge in [0, 0.05) is 11.8 Å². The molecule has 1 aliphatic heterocycles. The van der Waals surface area contributed by atoms with Gasteiger partial charge in [0.05, 0.1) is 18.3 Å². The summed E-state index contributed by atoms with van der Waals surface area (Å²) in [6.07, 6.45) is 4.53. The highest BCUT2D eigenvalue weighted by Crippen LogP contribution is 2.73. The van der Waals surface area contributed by atoms with E-state index in [1.807, 2.05) is 6.92 Å². The van der Waals surface area contributed by atoms with Crippen molar-refractivity contribution in [1.82, 2.24) is 0 Å². The molecule has 176 valence electrons. The fourth-order valence-corrected chi connectivity index (χ4v) is 8.44. The Hall–Kier alpha value is -1.57. The summed E-state index contributed by atoms with van der Waals surface area (Å²) in [6.45, 7) is 7.72. The summed E-state index contributed by atoms with van der Waals surface area (Å²) in [7, 11) is 0. The van der Waals surface area contributed by atoms with Crippen LogP contribution < -0.4 is 0 Å². The number of hydrogen-bond acceptors (Lipinski definition) is 7. The van der Waals surface area contributed by atoms with Crippen LogP contribution >= 0.6 is 0 Å². The van der Waals surface area contributed by atoms with Crippen LogP contribution in [0.5, 0.6) is 0 Å². The monoisotopic (exact) mass is 446 g/mol. The van der Waals surface area contributed by atoms with Crippen molar-refractivity contribution in [3.63, 3.8) is 0 Å². The molecule has 0 spiro atoms. The second kappa shape index (κ2) is 6.97. The Morgan fingerprint density at radius 1 is 1.19 bits per heavy atom. The van der Waals surface area contributed by atoms with Crippen LogP contribution in [0.4, 0.5) is 0 Å². The number of fused-ring (bicyclic) bond motifs is 3. The Morgan fingerprint density at radius 2 is 1.94 bits per heavy atom. The number of Topliss-reactive ketones (excluding diaryl/α,β-unsaturated/α-hetero) is 1. The van der Waals surface area contributed by atoms with Crippen molar-refractivity contribution in [2.45, 2.75) is 96.2 Å². The first-order valence-corrected chi connectivity index (χ1v) is 12.0. The number of carbonyl (C=O) groups excluding carboxylic acids is 3. The summed E-state index contributed by atoms with van der Waals surface area (Å²) in [6, 6.07) is 0. The predicted octanol–water partition coefficient (Wildman–Crippen LogP) is 2.88. The summed E-state index contributed by atoms with van der Waals surface area (Å²) in [5.41, 5.74) is -2.01. The van der Waals surface area contributed by atoms with Crippen molar-refractivity contribution in [2.75, 3.05) is 6.61 Å². The van der Waals surface area contributed by atoms with Gasteiger partial charge >= 0.3 is 5.97 Å². The molecule has 1 heterocycles. The predicted molar refractivity (Wildman–Crippen MR) is 113 cm³/mol. The number of allylic oxidation sites excluding steroid dienone is 1. The fraction of sp³-hybridized carbons (Fsp3) is 0.800. The molecular formula is C25H34O7. The van der Waals surface area contributed by atoms with Gasteiger partial charge in [-0.1, -0.05) is 19.4 Å². The van der Waals surface area contributed by atoms with Gasteiger partial charge in [-0.2, -0.15) is 0 Å². The van der Waals surface area contributed by atoms with Crippen LogP contribution in [-0.2, 0) is 28.6 Å². The zero-order valence-electron chi connectivity index (χ0n) is 19.4. The van der Waals surface area contributed by atoms with Gasteiger partial charge in [-0.3, -0.25) is 9.59 Å². The maximum atomic E-state index is 13.5. The molecule has 7 nitrogen and oxygen atoms in total. The molecule has 5 aliphatic rings. The Morgan fingerprint density at radius 3 is 2.66 bits per heavy atom. The van der Waals surface area contributed by atoms with Crippen LogP contribution in [0, 0.1) is 22.7 Å². The van der Waals surface area contributed by atoms with Crippen LogP contribution in [-0.4, -0.2) is 52.8 Å². The summed E-state index contributed by atoms with van der Waals surface area (Å²) >= 11 is 0. The van der Waals surface area contributed by atoms with Crippen molar-refractivity contribution < 1.29 is 33.7 Å². The smallest absolute Gasteiger partial charge is 0.377 e. The van der Waals surface area contributed by atoms with Gasteiger partial charge in [0.15, 0.2) is 12.1 Å². The molecular weight excluding hydrogens is 412 g/mol. The van der Waals surface area contributed by atoms with Crippen LogP contribution in [0.2, 0.25) is 0 Å². The van der Waals surface area contributed by atoms with Gasteiger partial charge in [0.1, 0.15) is 5.60 Å². The molecule has 7 heteroatoms. The number of aliphatic hydroxyl groups excluding tert-OH is 1. The lowest BCUT2D eigenvalue weighted by Crippen LogP contribution is -2.74. The molecule has 8 atom stereocenters. The van der Waals surface area contributed by atoms with Crippen LogP contribution in [0.15, 0.2) is 11.6 Å². The summed E-state index contributed by atoms with van der Waals surface area (Å²) in [5.74, 6) is -1.42. The van der Waals surface area contributed by atoms with E-state index >= 15 is 0 Å². The molecule has 3 saturated carbocycles. The number of ether oxygens (including phenoxy) is 3. The third-order valence-electron chi connectivity index (χ3n) is 9.73. The molecule has 0 aromatic heterocycles. The van der Waals surface area contributed by atoms with Gasteiger partial charge in [-0.05, 0) is 75.7 Å². The summed E-state index contributed by atoms with van der Waals surface area (Å²) < 4.78 is 17.9. The third-order valence-corrected chi connectivity index (χ3v) is 9.73. The molecule has 0 aromatic rings. The maximum Gasteiger partial charge on any atom is 0.377 e. The zero-order valence-corrected chi connectivity index (χ0v) is 19.4. The highest BCUT2D eigenvalue weighted by Gasteiger charge is 2.80. The summed E-state index contributed by atoms with van der Waals surface area (Å²) in [5, 5.41) is 11.6. The maximum absolute atomic E-state index is 13.5. The minimum absolute atomic E-state index is 0.00909. The number of aliphatic hydroxyl groups is 1. The van der Waals surface area contributed by atoms with E-state index in [1.165, 1.54) is 0 Å². The molecule has 4 aliphatic carbocycles. The highest BCUT2D eigenvalue weighted by molar-refractivity contribution is 6.37. The standard InChI is InChI=1S/C25H34O7/c1-5-30-21(29)20(28)25-11-10-24(31-14(2)32-25)17-7-6-15-12-16(26)8-9-22(15,3)19(17)18(27)13-23(24,25)4/h12,14,17-19,27H,5-11,13H2,1-4H3/t14?,17-,18+,19-,22+,23+,24-,25-/m1/s1. The van der Waals surface area contributed by atoms with E-state index in [4.69, 9.17) is 14.2 Å². The van der Waals surface area contributed by atoms with Crippen molar-refractivity contribution in [3.8, 4) is 0 Å². The van der Waals surface area contributed by atoms with Gasteiger partial charge in [0.25, 0.3) is 5.78 Å². The Kier molecular flexibility index (Phi) is 4.84. The molecule has 1 saturated heterocycles. The molecule has 4 fully saturated rings. The van der Waals surface area contributed by atoms with E-state index in [0.717, 1.165) is 24.8 Å². The van der Waals surface area contributed by atoms with E-state index in [9.17, 15) is 19.5 Å². The van der Waals surface area contributed by atoms with Crippen LogP contribution in [0.1, 0.15) is 72.6 Å². The topological polar surface area (TPSA) is 99.1 Å². The van der Waals surface area contributed by atoms with Crippen molar-refractivity contribution >= 4 is 17.5 Å². The third kappa shape index (κ3) is 2.50. The number of carbonyl (C=O) groups is 3. The minimum atomic E-state index is -1.36. The van der Waals surface area contributed by atoms with Crippen LogP contribution in [0.3, 0.4) is 0 Å². The SMILES string of the molecule is CCOC(=O)C(=O)[C@@]12CC[C@@]3(OC(C)O1)[C@@H]1CCC4=CC(=O)CC[C@]4(C)[C@H]1[C@@H](O)C[C@]23C. The fourth-order valence-electron chi connectivity index (χ4n) is 8.44. The first-order chi connectivity index (χ1) is 15.0. The zero-order chi connectivity index (χ0) is 23.1. The number of hydrogen-bond donors (Lipinski definition) is 1. The normalized spacial score (nSPS) is 49.4. The summed E-state index contributed by atoms with van der Waals surface area (Å²) in [4.78, 5) is 38.2. The molecule has 32 heavy (non-hydrogen) atoms. The second-order valence-electron chi connectivity index (χ2n) is 10.9. The van der Waals surface area contributed by atoms with Gasteiger partial charge in [-0.15, -0.1) is 0 Å². The molecule has 0 radical (unpaired) electrons. The molecule has 0 amide bonds. The average molecular weight is 447 g/mol. The van der Waals surface area contributed by atoms with E-state index in [-0.39, 0.29) is 29.6 Å².